The third kappa shape index (κ3) is 3.06. The van der Waals surface area contributed by atoms with Gasteiger partial charge in [0.1, 0.15) is 0 Å². The smallest absolute Gasteiger partial charge is 0.0726 e. The van der Waals surface area contributed by atoms with Gasteiger partial charge in [0, 0.05) is 23.3 Å². The van der Waals surface area contributed by atoms with Gasteiger partial charge in [0.05, 0.1) is 5.52 Å². The second kappa shape index (κ2) is 6.05. The molecule has 0 saturated carbocycles. The molecule has 0 aliphatic heterocycles. The SMILES string of the molecule is CCCNc1cc(C)nc2ccc(C(C)CC)cc12. The molecule has 1 N–H and O–H groups in total. The number of anilines is 1. The Hall–Kier alpha value is -1.57. The Morgan fingerprint density at radius 3 is 2.68 bits per heavy atom. The van der Waals surface area contributed by atoms with Gasteiger partial charge in [-0.15, -0.1) is 0 Å². The monoisotopic (exact) mass is 256 g/mol. The first-order chi connectivity index (χ1) is 9.15. The van der Waals surface area contributed by atoms with Crippen molar-refractivity contribution >= 4 is 16.6 Å². The zero-order valence-corrected chi connectivity index (χ0v) is 12.5. The van der Waals surface area contributed by atoms with E-state index in [0.717, 1.165) is 24.2 Å². The van der Waals surface area contributed by atoms with E-state index in [2.05, 4.69) is 62.3 Å². The lowest BCUT2D eigenvalue weighted by Crippen LogP contribution is -2.02. The van der Waals surface area contributed by atoms with Gasteiger partial charge in [-0.05, 0) is 49.4 Å². The minimum absolute atomic E-state index is 0.602. The van der Waals surface area contributed by atoms with Gasteiger partial charge < -0.3 is 5.32 Å². The number of fused-ring (bicyclic) bond motifs is 1. The van der Waals surface area contributed by atoms with Crippen LogP contribution in [0.25, 0.3) is 10.9 Å². The quantitative estimate of drug-likeness (QED) is 0.824. The van der Waals surface area contributed by atoms with Crippen LogP contribution in [0.1, 0.15) is 50.8 Å². The molecule has 1 atom stereocenters. The molecule has 1 unspecified atom stereocenters. The van der Waals surface area contributed by atoms with E-state index in [1.165, 1.54) is 23.1 Å². The number of aryl methyl sites for hydroxylation is 1. The lowest BCUT2D eigenvalue weighted by atomic mass is 9.96. The fourth-order valence-electron chi connectivity index (χ4n) is 2.32. The molecule has 0 amide bonds. The number of pyridine rings is 1. The highest BCUT2D eigenvalue weighted by molar-refractivity contribution is 5.92. The molecule has 0 bridgehead atoms. The molecule has 0 aliphatic rings. The van der Waals surface area contributed by atoms with Gasteiger partial charge in [0.25, 0.3) is 0 Å². The maximum atomic E-state index is 4.63. The van der Waals surface area contributed by atoms with Gasteiger partial charge in [-0.25, -0.2) is 0 Å². The number of rotatable bonds is 5. The fourth-order valence-corrected chi connectivity index (χ4v) is 2.32. The molecule has 0 radical (unpaired) electrons. The van der Waals surface area contributed by atoms with Crippen molar-refractivity contribution in [2.45, 2.75) is 46.5 Å². The predicted molar refractivity (Wildman–Crippen MR) is 84.0 cm³/mol. The van der Waals surface area contributed by atoms with Crippen molar-refractivity contribution in [3.05, 3.63) is 35.5 Å². The van der Waals surface area contributed by atoms with Crippen molar-refractivity contribution < 1.29 is 0 Å². The molecule has 0 fully saturated rings. The second-order valence-corrected chi connectivity index (χ2v) is 5.32. The Bertz CT molecular complexity index is 560. The van der Waals surface area contributed by atoms with Crippen LogP contribution in [0, 0.1) is 6.92 Å². The largest absolute Gasteiger partial charge is 0.384 e. The molecule has 1 heterocycles. The summed E-state index contributed by atoms with van der Waals surface area (Å²) >= 11 is 0. The van der Waals surface area contributed by atoms with Crippen molar-refractivity contribution in [2.24, 2.45) is 0 Å². The van der Waals surface area contributed by atoms with E-state index in [4.69, 9.17) is 0 Å². The normalized spacial score (nSPS) is 12.6. The zero-order chi connectivity index (χ0) is 13.8. The first-order valence-corrected chi connectivity index (χ1v) is 7.30. The fraction of sp³-hybridized carbons (Fsp3) is 0.471. The van der Waals surface area contributed by atoms with Gasteiger partial charge in [-0.1, -0.05) is 26.8 Å². The van der Waals surface area contributed by atoms with Crippen LogP contribution in [0.3, 0.4) is 0 Å². The van der Waals surface area contributed by atoms with Crippen LogP contribution in [0.2, 0.25) is 0 Å². The van der Waals surface area contributed by atoms with Crippen LogP contribution in [-0.4, -0.2) is 11.5 Å². The van der Waals surface area contributed by atoms with Gasteiger partial charge >= 0.3 is 0 Å². The van der Waals surface area contributed by atoms with E-state index in [1.807, 2.05) is 0 Å². The van der Waals surface area contributed by atoms with E-state index in [0.29, 0.717) is 5.92 Å². The number of nitrogens with zero attached hydrogens (tertiary/aromatic N) is 1. The summed E-state index contributed by atoms with van der Waals surface area (Å²) in [6.07, 6.45) is 2.30. The first kappa shape index (κ1) is 13.9. The topological polar surface area (TPSA) is 24.9 Å². The van der Waals surface area contributed by atoms with Gasteiger partial charge in [0.2, 0.25) is 0 Å². The molecule has 2 nitrogen and oxygen atoms in total. The second-order valence-electron chi connectivity index (χ2n) is 5.32. The van der Waals surface area contributed by atoms with Gasteiger partial charge in [-0.3, -0.25) is 4.98 Å². The average molecular weight is 256 g/mol. The van der Waals surface area contributed by atoms with E-state index < -0.39 is 0 Å². The Morgan fingerprint density at radius 1 is 1.21 bits per heavy atom. The van der Waals surface area contributed by atoms with Crippen LogP contribution < -0.4 is 5.32 Å². The van der Waals surface area contributed by atoms with Crippen LogP contribution in [0.5, 0.6) is 0 Å². The van der Waals surface area contributed by atoms with E-state index >= 15 is 0 Å². The van der Waals surface area contributed by atoms with Crippen LogP contribution in [0.15, 0.2) is 24.3 Å². The molecule has 1 aromatic carbocycles. The lowest BCUT2D eigenvalue weighted by Gasteiger charge is -2.14. The average Bonchev–Trinajstić information content (AvgIpc) is 2.43. The highest BCUT2D eigenvalue weighted by Crippen LogP contribution is 2.28. The molecule has 2 heteroatoms. The maximum absolute atomic E-state index is 4.63. The summed E-state index contributed by atoms with van der Waals surface area (Å²) in [5, 5.41) is 4.77. The molecule has 2 aromatic rings. The molecule has 0 aliphatic carbocycles. The van der Waals surface area contributed by atoms with Crippen LogP contribution in [-0.2, 0) is 0 Å². The highest BCUT2D eigenvalue weighted by atomic mass is 14.9. The highest BCUT2D eigenvalue weighted by Gasteiger charge is 2.08. The van der Waals surface area contributed by atoms with Gasteiger partial charge in [0.15, 0.2) is 0 Å². The first-order valence-electron chi connectivity index (χ1n) is 7.30. The molecule has 19 heavy (non-hydrogen) atoms. The maximum Gasteiger partial charge on any atom is 0.0726 e. The Morgan fingerprint density at radius 2 is 2.00 bits per heavy atom. The number of nitrogens with one attached hydrogen (secondary N) is 1. The van der Waals surface area contributed by atoms with Crippen LogP contribution >= 0.6 is 0 Å². The number of hydrogen-bond donors (Lipinski definition) is 1. The van der Waals surface area contributed by atoms with E-state index in [9.17, 15) is 0 Å². The minimum Gasteiger partial charge on any atom is -0.384 e. The van der Waals surface area contributed by atoms with Crippen molar-refractivity contribution in [1.82, 2.24) is 4.98 Å². The predicted octanol–water partition coefficient (Wildman–Crippen LogP) is 4.88. The summed E-state index contributed by atoms with van der Waals surface area (Å²) in [4.78, 5) is 4.63. The van der Waals surface area contributed by atoms with E-state index in [1.54, 1.807) is 0 Å². The Kier molecular flexibility index (Phi) is 4.41. The summed E-state index contributed by atoms with van der Waals surface area (Å²) in [5.41, 5.74) is 4.78. The summed E-state index contributed by atoms with van der Waals surface area (Å²) in [6.45, 7) is 9.76. The molecular weight excluding hydrogens is 232 g/mol. The summed E-state index contributed by atoms with van der Waals surface area (Å²) in [5.74, 6) is 0.602. The van der Waals surface area contributed by atoms with Gasteiger partial charge in [-0.2, -0.15) is 0 Å². The number of aromatic nitrogens is 1. The molecule has 102 valence electrons. The van der Waals surface area contributed by atoms with E-state index in [-0.39, 0.29) is 0 Å². The molecular formula is C17H24N2. The summed E-state index contributed by atoms with van der Waals surface area (Å²) < 4.78 is 0. The van der Waals surface area contributed by atoms with Crippen molar-refractivity contribution in [1.29, 1.82) is 0 Å². The van der Waals surface area contributed by atoms with Crippen molar-refractivity contribution in [3.8, 4) is 0 Å². The van der Waals surface area contributed by atoms with Crippen molar-refractivity contribution in [2.75, 3.05) is 11.9 Å². The van der Waals surface area contributed by atoms with Crippen LogP contribution in [0.4, 0.5) is 5.69 Å². The van der Waals surface area contributed by atoms with Crippen molar-refractivity contribution in [3.63, 3.8) is 0 Å². The minimum atomic E-state index is 0.602. The molecule has 1 aromatic heterocycles. The summed E-state index contributed by atoms with van der Waals surface area (Å²) in [6, 6.07) is 8.82. The third-order valence-corrected chi connectivity index (χ3v) is 3.71. The third-order valence-electron chi connectivity index (χ3n) is 3.71. The summed E-state index contributed by atoms with van der Waals surface area (Å²) in [7, 11) is 0. The Balaban J connectivity index is 2.51. The standard InChI is InChI=1S/C17H24N2/c1-5-9-18-17-10-13(4)19-16-8-7-14(11-15(16)17)12(3)6-2/h7-8,10-12H,5-6,9H2,1-4H3,(H,18,19). The lowest BCUT2D eigenvalue weighted by molar-refractivity contribution is 0.734. The molecule has 0 spiro atoms. The zero-order valence-electron chi connectivity index (χ0n) is 12.5. The number of hydrogen-bond acceptors (Lipinski definition) is 2. The number of benzene rings is 1. The molecule has 0 saturated heterocycles. The molecule has 2 rings (SSSR count). The Labute approximate surface area is 116 Å².